The molecule has 2 N–H and O–H groups in total. The molecule has 2 heterocycles. The number of halogens is 2. The van der Waals surface area contributed by atoms with Crippen molar-refractivity contribution in [1.29, 1.82) is 0 Å². The molecule has 2 saturated heterocycles. The smallest absolute Gasteiger partial charge is 0.410 e. The van der Waals surface area contributed by atoms with Gasteiger partial charge in [0.1, 0.15) is 22.7 Å². The van der Waals surface area contributed by atoms with E-state index in [4.69, 9.17) is 42.1 Å². The lowest BCUT2D eigenvalue weighted by molar-refractivity contribution is 0.0155. The van der Waals surface area contributed by atoms with Gasteiger partial charge in [0.15, 0.2) is 0 Å². The van der Waals surface area contributed by atoms with E-state index in [0.717, 1.165) is 35.7 Å². The van der Waals surface area contributed by atoms with Crippen LogP contribution in [-0.4, -0.2) is 85.7 Å². The van der Waals surface area contributed by atoms with Gasteiger partial charge >= 0.3 is 12.2 Å². The van der Waals surface area contributed by atoms with Gasteiger partial charge in [0.05, 0.1) is 25.6 Å². The van der Waals surface area contributed by atoms with Crippen molar-refractivity contribution < 1.29 is 28.5 Å². The Morgan fingerprint density at radius 1 is 0.688 bits per heavy atom. The van der Waals surface area contributed by atoms with E-state index in [1.807, 2.05) is 65.8 Å². The third-order valence-electron chi connectivity index (χ3n) is 8.12. The third-order valence-corrected chi connectivity index (χ3v) is 8.59. The largest absolute Gasteiger partial charge is 0.495 e. The molecule has 4 rings (SSSR count). The molecule has 0 bridgehead atoms. The van der Waals surface area contributed by atoms with Crippen LogP contribution in [0, 0.1) is 11.8 Å². The third kappa shape index (κ3) is 12.0. The molecule has 2 aromatic rings. The molecule has 0 aliphatic carbocycles. The zero-order valence-electron chi connectivity index (χ0n) is 30.1. The summed E-state index contributed by atoms with van der Waals surface area (Å²) >= 11 is 12.0. The first-order chi connectivity index (χ1) is 22.4. The highest BCUT2D eigenvalue weighted by atomic mass is 35.5. The second-order valence-corrected chi connectivity index (χ2v) is 15.4. The van der Waals surface area contributed by atoms with E-state index in [2.05, 4.69) is 24.5 Å². The van der Waals surface area contributed by atoms with Crippen molar-refractivity contribution in [2.24, 2.45) is 11.8 Å². The van der Waals surface area contributed by atoms with E-state index in [9.17, 15) is 9.59 Å². The van der Waals surface area contributed by atoms with E-state index in [-0.39, 0.29) is 24.3 Å². The Labute approximate surface area is 296 Å². The summed E-state index contributed by atoms with van der Waals surface area (Å²) in [7, 11) is 3.26. The fourth-order valence-corrected chi connectivity index (χ4v) is 6.00. The fourth-order valence-electron chi connectivity index (χ4n) is 5.67. The summed E-state index contributed by atoms with van der Waals surface area (Å²) in [6, 6.07) is 11.6. The van der Waals surface area contributed by atoms with Crippen LogP contribution in [0.25, 0.3) is 0 Å². The van der Waals surface area contributed by atoms with Crippen molar-refractivity contribution in [2.45, 2.75) is 91.5 Å². The van der Waals surface area contributed by atoms with Gasteiger partial charge in [-0.25, -0.2) is 9.59 Å². The summed E-state index contributed by atoms with van der Waals surface area (Å²) in [6.07, 6.45) is 1.23. The van der Waals surface area contributed by atoms with Gasteiger partial charge in [-0.3, -0.25) is 0 Å². The van der Waals surface area contributed by atoms with Gasteiger partial charge in [0.25, 0.3) is 0 Å². The average molecular weight is 710 g/mol. The molecule has 2 fully saturated rings. The summed E-state index contributed by atoms with van der Waals surface area (Å²) in [6.45, 7) is 18.3. The normalized spacial score (nSPS) is 21.3. The number of hydrogen-bond acceptors (Lipinski definition) is 8. The van der Waals surface area contributed by atoms with E-state index in [1.165, 1.54) is 0 Å². The van der Waals surface area contributed by atoms with Gasteiger partial charge in [0.2, 0.25) is 0 Å². The van der Waals surface area contributed by atoms with E-state index in [0.29, 0.717) is 48.1 Å². The Bertz CT molecular complexity index is 1280. The quantitative estimate of drug-likeness (QED) is 0.307. The molecule has 10 nitrogen and oxygen atoms in total. The lowest BCUT2D eigenvalue weighted by Gasteiger charge is -2.38. The predicted octanol–water partition coefficient (Wildman–Crippen LogP) is 8.81. The highest BCUT2D eigenvalue weighted by Crippen LogP contribution is 2.32. The molecular formula is C36H54Cl2N4O6. The average Bonchev–Trinajstić information content (AvgIpc) is 2.99. The van der Waals surface area contributed by atoms with Crippen LogP contribution in [0.5, 0.6) is 11.5 Å². The number of piperidine rings is 2. The monoisotopic (exact) mass is 708 g/mol. The van der Waals surface area contributed by atoms with Gasteiger partial charge in [0, 0.05) is 60.4 Å². The molecule has 0 radical (unpaired) electrons. The number of carbonyl (C=O) groups is 2. The number of carbonyl (C=O) groups excluding carboxylic acids is 2. The highest BCUT2D eigenvalue weighted by Gasteiger charge is 2.33. The standard InChI is InChI=1S/2C18H27ClN2O3/c2*1-12-11-21(17(22)24-18(2,3)4)9-8-14(12)20-15-7-6-13(19)10-16(15)23-5/h2*6-7,10,12,14,20H,8-9,11H2,1-5H3/t2*12-,14+/m10/s1. The van der Waals surface area contributed by atoms with E-state index in [1.54, 1.807) is 36.2 Å². The van der Waals surface area contributed by atoms with Crippen LogP contribution in [0.4, 0.5) is 21.0 Å². The predicted molar refractivity (Wildman–Crippen MR) is 194 cm³/mol. The number of hydrogen-bond donors (Lipinski definition) is 2. The number of amides is 2. The van der Waals surface area contributed by atoms with Crippen molar-refractivity contribution in [3.05, 3.63) is 46.4 Å². The molecular weight excluding hydrogens is 655 g/mol. The van der Waals surface area contributed by atoms with Crippen LogP contribution in [-0.2, 0) is 9.47 Å². The zero-order valence-corrected chi connectivity index (χ0v) is 31.6. The van der Waals surface area contributed by atoms with Gasteiger partial charge in [-0.2, -0.15) is 0 Å². The van der Waals surface area contributed by atoms with Crippen LogP contribution in [0.2, 0.25) is 10.0 Å². The Kier molecular flexibility index (Phi) is 13.8. The van der Waals surface area contributed by atoms with Crippen molar-refractivity contribution >= 4 is 46.8 Å². The Hall–Kier alpha value is -3.24. The lowest BCUT2D eigenvalue weighted by Crippen LogP contribution is -2.49. The lowest BCUT2D eigenvalue weighted by atomic mass is 9.93. The Morgan fingerprint density at radius 2 is 1.04 bits per heavy atom. The molecule has 0 saturated carbocycles. The minimum atomic E-state index is -0.466. The van der Waals surface area contributed by atoms with Crippen molar-refractivity contribution in [1.82, 2.24) is 9.80 Å². The summed E-state index contributed by atoms with van der Waals surface area (Å²) in [4.78, 5) is 28.0. The molecule has 0 unspecified atom stereocenters. The van der Waals surface area contributed by atoms with Crippen molar-refractivity contribution in [3.8, 4) is 11.5 Å². The number of nitrogens with zero attached hydrogens (tertiary/aromatic N) is 2. The van der Waals surface area contributed by atoms with Crippen LogP contribution in [0.15, 0.2) is 36.4 Å². The summed E-state index contributed by atoms with van der Waals surface area (Å²) in [5.74, 6) is 2.05. The van der Waals surface area contributed by atoms with Gasteiger partial charge in [-0.05, 0) is 90.5 Å². The first-order valence-electron chi connectivity index (χ1n) is 16.5. The summed E-state index contributed by atoms with van der Waals surface area (Å²) in [5, 5.41) is 8.33. The van der Waals surface area contributed by atoms with Gasteiger partial charge < -0.3 is 39.4 Å². The number of ether oxygens (including phenoxy) is 4. The van der Waals surface area contributed by atoms with Gasteiger partial charge in [-0.15, -0.1) is 0 Å². The second kappa shape index (κ2) is 16.9. The zero-order chi connectivity index (χ0) is 35.8. The molecule has 2 amide bonds. The van der Waals surface area contributed by atoms with Gasteiger partial charge in [-0.1, -0.05) is 37.0 Å². The molecule has 2 aliphatic rings. The van der Waals surface area contributed by atoms with Crippen LogP contribution < -0.4 is 20.1 Å². The second-order valence-electron chi connectivity index (χ2n) is 14.6. The molecule has 0 aromatic heterocycles. The molecule has 0 spiro atoms. The Balaban J connectivity index is 0.000000260. The maximum atomic E-state index is 12.2. The first-order valence-corrected chi connectivity index (χ1v) is 17.3. The Morgan fingerprint density at radius 3 is 1.33 bits per heavy atom. The highest BCUT2D eigenvalue weighted by molar-refractivity contribution is 6.31. The van der Waals surface area contributed by atoms with E-state index >= 15 is 0 Å². The van der Waals surface area contributed by atoms with Crippen LogP contribution in [0.3, 0.4) is 0 Å². The summed E-state index contributed by atoms with van der Waals surface area (Å²) in [5.41, 5.74) is 0.909. The molecule has 4 atom stereocenters. The van der Waals surface area contributed by atoms with Crippen molar-refractivity contribution in [3.63, 3.8) is 0 Å². The maximum Gasteiger partial charge on any atom is 0.410 e. The summed E-state index contributed by atoms with van der Waals surface area (Å²) < 4.78 is 21.7. The number of nitrogens with one attached hydrogen (secondary N) is 2. The number of anilines is 2. The molecule has 2 aromatic carbocycles. The van der Waals surface area contributed by atoms with Crippen molar-refractivity contribution in [2.75, 3.05) is 51.0 Å². The maximum absolute atomic E-state index is 12.2. The topological polar surface area (TPSA) is 102 Å². The number of rotatable bonds is 6. The number of methoxy groups -OCH3 is 2. The SMILES string of the molecule is COc1cc(Cl)ccc1N[C@@H]1CCN(C(=O)OC(C)(C)C)C[C@@H]1C.COc1cc(Cl)ccc1N[C@H]1CCN(C(=O)OC(C)(C)C)C[C@H]1C. The first kappa shape index (κ1) is 39.2. The number of benzene rings is 2. The molecule has 48 heavy (non-hydrogen) atoms. The van der Waals surface area contributed by atoms with Crippen LogP contribution >= 0.6 is 23.2 Å². The fraction of sp³-hybridized carbons (Fsp3) is 0.611. The molecule has 268 valence electrons. The molecule has 2 aliphatic heterocycles. The molecule has 12 heteroatoms. The minimum absolute atomic E-state index is 0.239. The number of likely N-dealkylation sites (tertiary alicyclic amines) is 2. The van der Waals surface area contributed by atoms with E-state index < -0.39 is 11.2 Å². The minimum Gasteiger partial charge on any atom is -0.495 e. The van der Waals surface area contributed by atoms with Crippen LogP contribution in [0.1, 0.15) is 68.2 Å².